The number of carbonyl (C=O) groups is 2. The molecule has 0 bridgehead atoms. The van der Waals surface area contributed by atoms with Crippen LogP contribution in [0.25, 0.3) is 0 Å². The van der Waals surface area contributed by atoms with Gasteiger partial charge in [-0.05, 0) is 44.0 Å². The van der Waals surface area contributed by atoms with Gasteiger partial charge in [0, 0.05) is 69.9 Å². The largest absolute Gasteiger partial charge is 0.416 e. The third kappa shape index (κ3) is 6.97. The molecule has 2 atom stereocenters. The minimum atomic E-state index is -5.04. The van der Waals surface area contributed by atoms with Gasteiger partial charge < -0.3 is 14.7 Å². The summed E-state index contributed by atoms with van der Waals surface area (Å²) in [6.45, 7) is 7.76. The molecule has 0 radical (unpaired) electrons. The molecule has 2 aliphatic rings. The highest BCUT2D eigenvalue weighted by molar-refractivity contribution is 5.95. The average molecular weight is 585 g/mol. The molecule has 12 heteroatoms. The van der Waals surface area contributed by atoms with Crippen LogP contribution in [0, 0.1) is 0 Å². The van der Waals surface area contributed by atoms with Crippen molar-refractivity contribution < 1.29 is 35.9 Å². The van der Waals surface area contributed by atoms with Crippen molar-refractivity contribution in [1.82, 2.24) is 19.6 Å². The Labute approximate surface area is 235 Å². The molecule has 0 unspecified atom stereocenters. The predicted octanol–water partition coefficient (Wildman–Crippen LogP) is 5.80. The summed E-state index contributed by atoms with van der Waals surface area (Å²) in [7, 11) is 0. The number of carbonyl (C=O) groups excluding carboxylic acids is 2. The van der Waals surface area contributed by atoms with Crippen LogP contribution in [0.15, 0.2) is 48.5 Å². The molecule has 2 aromatic rings. The first-order valence-corrected chi connectivity index (χ1v) is 13.7. The molecule has 6 nitrogen and oxygen atoms in total. The number of piperazine rings is 1. The lowest BCUT2D eigenvalue weighted by Crippen LogP contribution is -2.58. The van der Waals surface area contributed by atoms with Gasteiger partial charge in [0.25, 0.3) is 5.91 Å². The lowest BCUT2D eigenvalue weighted by Gasteiger charge is -2.47. The summed E-state index contributed by atoms with van der Waals surface area (Å²) in [6.07, 6.45) is -9.59. The van der Waals surface area contributed by atoms with Gasteiger partial charge in [-0.25, -0.2) is 4.79 Å². The molecule has 224 valence electrons. The molecule has 2 aliphatic heterocycles. The average Bonchev–Trinajstić information content (AvgIpc) is 2.96. The smallest absolute Gasteiger partial charge is 0.338 e. The van der Waals surface area contributed by atoms with Crippen molar-refractivity contribution in [3.8, 4) is 0 Å². The van der Waals surface area contributed by atoms with Crippen molar-refractivity contribution in [1.29, 1.82) is 0 Å². The number of amides is 3. The Morgan fingerprint density at radius 3 is 1.88 bits per heavy atom. The Bertz CT molecular complexity index is 1180. The van der Waals surface area contributed by atoms with Gasteiger partial charge in [-0.2, -0.15) is 26.3 Å². The number of urea groups is 1. The number of halogens is 6. The quantitative estimate of drug-likeness (QED) is 0.418. The standard InChI is InChI=1S/C29H34F6N4O2/c1-3-36(4-2)27(41)38-14-12-37(13-15-38)25-10-11-39(19-24(25)20-8-6-5-7-9-20)26(40)21-16-22(28(30,31)32)18-23(17-21)29(33,34)35/h5-9,16-18,24-25H,3-4,10-15,19H2,1-2H3/t24-,25-/m1/s1. The highest BCUT2D eigenvalue weighted by Crippen LogP contribution is 2.38. The zero-order valence-electron chi connectivity index (χ0n) is 23.0. The summed E-state index contributed by atoms with van der Waals surface area (Å²) < 4.78 is 80.5. The molecule has 0 saturated carbocycles. The first-order valence-electron chi connectivity index (χ1n) is 13.7. The topological polar surface area (TPSA) is 47.1 Å². The van der Waals surface area contributed by atoms with Crippen LogP contribution in [0.5, 0.6) is 0 Å². The number of alkyl halides is 6. The van der Waals surface area contributed by atoms with Crippen molar-refractivity contribution in [2.75, 3.05) is 52.4 Å². The van der Waals surface area contributed by atoms with E-state index in [-0.39, 0.29) is 37.1 Å². The minimum Gasteiger partial charge on any atom is -0.338 e. The first-order chi connectivity index (χ1) is 19.3. The van der Waals surface area contributed by atoms with Crippen LogP contribution in [0.1, 0.15) is 53.2 Å². The normalized spacial score (nSPS) is 20.7. The van der Waals surface area contributed by atoms with Crippen LogP contribution >= 0.6 is 0 Å². The Kier molecular flexibility index (Phi) is 9.20. The fourth-order valence-corrected chi connectivity index (χ4v) is 5.79. The third-order valence-corrected chi connectivity index (χ3v) is 8.01. The summed E-state index contributed by atoms with van der Waals surface area (Å²) in [6, 6.07) is 10.4. The SMILES string of the molecule is CCN(CC)C(=O)N1CCN([C@@H]2CCN(C(=O)c3cc(C(F)(F)F)cc(C(F)(F)F)c3)C[C@@H]2c2ccccc2)CC1. The molecule has 3 amide bonds. The number of nitrogens with zero attached hydrogens (tertiary/aromatic N) is 4. The second-order valence-corrected chi connectivity index (χ2v) is 10.4. The number of likely N-dealkylation sites (tertiary alicyclic amines) is 1. The molecule has 41 heavy (non-hydrogen) atoms. The molecular weight excluding hydrogens is 550 g/mol. The van der Waals surface area contributed by atoms with Gasteiger partial charge in [0.05, 0.1) is 11.1 Å². The Hall–Kier alpha value is -3.28. The molecule has 0 aliphatic carbocycles. The summed E-state index contributed by atoms with van der Waals surface area (Å²) >= 11 is 0. The molecule has 2 fully saturated rings. The third-order valence-electron chi connectivity index (χ3n) is 8.01. The summed E-state index contributed by atoms with van der Waals surface area (Å²) in [5.41, 5.74) is -2.73. The maximum absolute atomic E-state index is 13.4. The van der Waals surface area contributed by atoms with Crippen molar-refractivity contribution in [2.45, 2.75) is 44.6 Å². The van der Waals surface area contributed by atoms with E-state index >= 15 is 0 Å². The highest BCUT2D eigenvalue weighted by atomic mass is 19.4. The van der Waals surface area contributed by atoms with Gasteiger partial charge in [-0.1, -0.05) is 30.3 Å². The number of benzene rings is 2. The molecule has 0 spiro atoms. The maximum Gasteiger partial charge on any atom is 0.416 e. The second-order valence-electron chi connectivity index (χ2n) is 10.4. The van der Waals surface area contributed by atoms with Crippen molar-refractivity contribution in [3.63, 3.8) is 0 Å². The Morgan fingerprint density at radius 1 is 0.805 bits per heavy atom. The van der Waals surface area contributed by atoms with E-state index in [0.717, 1.165) is 5.56 Å². The van der Waals surface area contributed by atoms with Gasteiger partial charge >= 0.3 is 18.4 Å². The Morgan fingerprint density at radius 2 is 1.37 bits per heavy atom. The van der Waals surface area contributed by atoms with Crippen molar-refractivity contribution >= 4 is 11.9 Å². The fourth-order valence-electron chi connectivity index (χ4n) is 5.79. The van der Waals surface area contributed by atoms with E-state index in [4.69, 9.17) is 0 Å². The summed E-state index contributed by atoms with van der Waals surface area (Å²) in [4.78, 5) is 33.4. The molecular formula is C29H34F6N4O2. The van der Waals surface area contributed by atoms with E-state index in [1.54, 1.807) is 4.90 Å². The van der Waals surface area contributed by atoms with Crippen LogP contribution in [-0.2, 0) is 12.4 Å². The van der Waals surface area contributed by atoms with E-state index in [1.807, 2.05) is 49.1 Å². The molecule has 2 saturated heterocycles. The first kappa shape index (κ1) is 30.7. The number of rotatable bonds is 5. The zero-order valence-corrected chi connectivity index (χ0v) is 23.0. The van der Waals surface area contributed by atoms with Crippen LogP contribution in [0.2, 0.25) is 0 Å². The minimum absolute atomic E-state index is 0.00557. The Balaban J connectivity index is 1.56. The van der Waals surface area contributed by atoms with E-state index in [0.29, 0.717) is 57.8 Å². The van der Waals surface area contributed by atoms with Crippen LogP contribution < -0.4 is 0 Å². The zero-order chi connectivity index (χ0) is 29.9. The van der Waals surface area contributed by atoms with Crippen molar-refractivity contribution in [3.05, 3.63) is 70.8 Å². The highest BCUT2D eigenvalue weighted by Gasteiger charge is 2.40. The second kappa shape index (κ2) is 12.3. The van der Waals surface area contributed by atoms with Gasteiger partial charge in [-0.3, -0.25) is 9.69 Å². The molecule has 2 heterocycles. The van der Waals surface area contributed by atoms with Crippen LogP contribution in [-0.4, -0.2) is 89.9 Å². The van der Waals surface area contributed by atoms with E-state index < -0.39 is 35.0 Å². The molecule has 4 rings (SSSR count). The lowest BCUT2D eigenvalue weighted by molar-refractivity contribution is -0.143. The molecule has 0 aromatic heterocycles. The lowest BCUT2D eigenvalue weighted by atomic mass is 9.84. The van der Waals surface area contributed by atoms with Crippen LogP contribution in [0.4, 0.5) is 31.1 Å². The molecule has 2 aromatic carbocycles. The van der Waals surface area contributed by atoms with E-state index in [9.17, 15) is 35.9 Å². The van der Waals surface area contributed by atoms with Crippen molar-refractivity contribution in [2.24, 2.45) is 0 Å². The van der Waals surface area contributed by atoms with E-state index in [1.165, 1.54) is 4.90 Å². The van der Waals surface area contributed by atoms with Crippen LogP contribution in [0.3, 0.4) is 0 Å². The van der Waals surface area contributed by atoms with E-state index in [2.05, 4.69) is 4.90 Å². The molecule has 0 N–H and O–H groups in total. The fraction of sp³-hybridized carbons (Fsp3) is 0.517. The monoisotopic (exact) mass is 584 g/mol. The van der Waals surface area contributed by atoms with Gasteiger partial charge in [-0.15, -0.1) is 0 Å². The summed E-state index contributed by atoms with van der Waals surface area (Å²) in [5, 5.41) is 0. The number of hydrogen-bond acceptors (Lipinski definition) is 3. The van der Waals surface area contributed by atoms with Gasteiger partial charge in [0.2, 0.25) is 0 Å². The number of hydrogen-bond donors (Lipinski definition) is 0. The number of piperidine rings is 1. The maximum atomic E-state index is 13.4. The van der Waals surface area contributed by atoms with Gasteiger partial charge in [0.1, 0.15) is 0 Å². The predicted molar refractivity (Wildman–Crippen MR) is 141 cm³/mol. The summed E-state index contributed by atoms with van der Waals surface area (Å²) in [5.74, 6) is -1.08. The van der Waals surface area contributed by atoms with Gasteiger partial charge in [0.15, 0.2) is 0 Å².